The van der Waals surface area contributed by atoms with Crippen molar-refractivity contribution < 1.29 is 0 Å². The lowest BCUT2D eigenvalue weighted by Crippen LogP contribution is -2.32. The summed E-state index contributed by atoms with van der Waals surface area (Å²) in [5.74, 6) is 0. The highest BCUT2D eigenvalue weighted by molar-refractivity contribution is 9.10. The van der Waals surface area contributed by atoms with Gasteiger partial charge >= 0.3 is 0 Å². The van der Waals surface area contributed by atoms with Gasteiger partial charge in [0, 0.05) is 10.2 Å². The van der Waals surface area contributed by atoms with Gasteiger partial charge in [-0.1, -0.05) is 42.8 Å². The van der Waals surface area contributed by atoms with Gasteiger partial charge in [-0.25, -0.2) is 0 Å². The van der Waals surface area contributed by atoms with Gasteiger partial charge in [0.1, 0.15) is 0 Å². The van der Waals surface area contributed by atoms with E-state index in [0.29, 0.717) is 10.1 Å². The molecule has 0 bridgehead atoms. The minimum Gasteiger partial charge on any atom is -0.356 e. The van der Waals surface area contributed by atoms with Crippen molar-refractivity contribution in [3.05, 3.63) is 63.1 Å². The van der Waals surface area contributed by atoms with Gasteiger partial charge < -0.3 is 10.6 Å². The van der Waals surface area contributed by atoms with E-state index >= 15 is 0 Å². The van der Waals surface area contributed by atoms with Crippen LogP contribution in [-0.2, 0) is 0 Å². The number of hydrogen-bond donors (Lipinski definition) is 2. The van der Waals surface area contributed by atoms with Crippen LogP contribution in [0.1, 0.15) is 30.5 Å². The Morgan fingerprint density at radius 2 is 2.00 bits per heavy atom. The van der Waals surface area contributed by atoms with Gasteiger partial charge in [-0.05, 0) is 70.8 Å². The minimum absolute atomic E-state index is 0.187. The summed E-state index contributed by atoms with van der Waals surface area (Å²) >= 11 is 14.9. The van der Waals surface area contributed by atoms with Crippen LogP contribution in [0.25, 0.3) is 0 Å². The van der Waals surface area contributed by atoms with Crippen LogP contribution in [0, 0.1) is 6.92 Å². The number of rotatable bonds is 4. The summed E-state index contributed by atoms with van der Waals surface area (Å²) in [7, 11) is 0. The molecule has 0 fully saturated rings. The first kappa shape index (κ1) is 17.3. The molecule has 0 aliphatic rings. The van der Waals surface area contributed by atoms with Crippen LogP contribution in [0.3, 0.4) is 0 Å². The standard InChI is InChI=1S/C17H18BrClN2S/c1-3-16(13-7-5-4-6-11(13)2)21-17(22)20-12-8-9-14(18)15(19)10-12/h4-10,16H,3H2,1-2H3,(H2,20,21,22)/t16-/m0/s1. The second kappa shape index (κ2) is 7.95. The topological polar surface area (TPSA) is 24.1 Å². The van der Waals surface area contributed by atoms with Crippen molar-refractivity contribution in [1.82, 2.24) is 5.32 Å². The Morgan fingerprint density at radius 1 is 1.27 bits per heavy atom. The molecule has 0 aliphatic carbocycles. The zero-order valence-electron chi connectivity index (χ0n) is 12.5. The molecule has 0 saturated heterocycles. The van der Waals surface area contributed by atoms with Crippen molar-refractivity contribution in [3.63, 3.8) is 0 Å². The van der Waals surface area contributed by atoms with Gasteiger partial charge in [-0.15, -0.1) is 0 Å². The maximum Gasteiger partial charge on any atom is 0.171 e. The zero-order valence-corrected chi connectivity index (χ0v) is 15.6. The van der Waals surface area contributed by atoms with Crippen molar-refractivity contribution in [1.29, 1.82) is 0 Å². The predicted octanol–water partition coefficient (Wildman–Crippen LogP) is 5.85. The summed E-state index contributed by atoms with van der Waals surface area (Å²) in [6.07, 6.45) is 0.952. The van der Waals surface area contributed by atoms with E-state index in [1.54, 1.807) is 0 Å². The van der Waals surface area contributed by atoms with E-state index < -0.39 is 0 Å². The molecule has 0 spiro atoms. The Kier molecular flexibility index (Phi) is 6.24. The first-order valence-corrected chi connectivity index (χ1v) is 8.67. The minimum atomic E-state index is 0.187. The number of anilines is 1. The van der Waals surface area contributed by atoms with Gasteiger partial charge in [-0.3, -0.25) is 0 Å². The quantitative estimate of drug-likeness (QED) is 0.633. The van der Waals surface area contributed by atoms with Crippen LogP contribution >= 0.6 is 39.7 Å². The number of thiocarbonyl (C=S) groups is 1. The Balaban J connectivity index is 2.06. The van der Waals surface area contributed by atoms with E-state index in [-0.39, 0.29) is 6.04 Å². The summed E-state index contributed by atoms with van der Waals surface area (Å²) in [6.45, 7) is 4.26. The van der Waals surface area contributed by atoms with Gasteiger partial charge in [0.2, 0.25) is 0 Å². The fourth-order valence-corrected chi connectivity index (χ4v) is 2.96. The second-order valence-corrected chi connectivity index (χ2v) is 6.71. The highest BCUT2D eigenvalue weighted by Gasteiger charge is 2.12. The van der Waals surface area contributed by atoms with E-state index in [4.69, 9.17) is 23.8 Å². The van der Waals surface area contributed by atoms with Crippen LogP contribution in [0.5, 0.6) is 0 Å². The third-order valence-electron chi connectivity index (χ3n) is 3.45. The molecule has 0 radical (unpaired) electrons. The highest BCUT2D eigenvalue weighted by atomic mass is 79.9. The average Bonchev–Trinajstić information content (AvgIpc) is 2.49. The van der Waals surface area contributed by atoms with Crippen molar-refractivity contribution in [3.8, 4) is 0 Å². The fourth-order valence-electron chi connectivity index (χ4n) is 2.28. The van der Waals surface area contributed by atoms with Gasteiger partial charge in [0.05, 0.1) is 11.1 Å². The van der Waals surface area contributed by atoms with Crippen molar-refractivity contribution in [2.75, 3.05) is 5.32 Å². The van der Waals surface area contributed by atoms with Gasteiger partial charge in [0.15, 0.2) is 5.11 Å². The SMILES string of the molecule is CC[C@H](NC(=S)Nc1ccc(Br)c(Cl)c1)c1ccccc1C. The van der Waals surface area contributed by atoms with Crippen molar-refractivity contribution in [2.24, 2.45) is 0 Å². The number of halogens is 2. The summed E-state index contributed by atoms with van der Waals surface area (Å²) in [6, 6.07) is 14.2. The Morgan fingerprint density at radius 3 is 2.64 bits per heavy atom. The molecule has 0 aromatic heterocycles. The molecule has 2 aromatic carbocycles. The van der Waals surface area contributed by atoms with Crippen molar-refractivity contribution >= 4 is 50.5 Å². The summed E-state index contributed by atoms with van der Waals surface area (Å²) in [5, 5.41) is 7.79. The Hall–Kier alpha value is -1.10. The number of nitrogens with one attached hydrogen (secondary N) is 2. The molecule has 116 valence electrons. The van der Waals surface area contributed by atoms with Crippen molar-refractivity contribution in [2.45, 2.75) is 26.3 Å². The van der Waals surface area contributed by atoms with E-state index in [9.17, 15) is 0 Å². The maximum absolute atomic E-state index is 6.10. The van der Waals surface area contributed by atoms with Gasteiger partial charge in [0.25, 0.3) is 0 Å². The van der Waals surface area contributed by atoms with Gasteiger partial charge in [-0.2, -0.15) is 0 Å². The van der Waals surface area contributed by atoms with E-state index in [0.717, 1.165) is 16.6 Å². The lowest BCUT2D eigenvalue weighted by molar-refractivity contribution is 0.625. The highest BCUT2D eigenvalue weighted by Crippen LogP contribution is 2.26. The monoisotopic (exact) mass is 396 g/mol. The van der Waals surface area contributed by atoms with E-state index in [2.05, 4.69) is 58.6 Å². The summed E-state index contributed by atoms with van der Waals surface area (Å²) < 4.78 is 0.866. The van der Waals surface area contributed by atoms with Crippen LogP contribution < -0.4 is 10.6 Å². The number of benzene rings is 2. The lowest BCUT2D eigenvalue weighted by atomic mass is 10.00. The molecular formula is C17H18BrClN2S. The van der Waals surface area contributed by atoms with Crippen LogP contribution in [0.4, 0.5) is 5.69 Å². The Labute approximate surface area is 150 Å². The molecule has 2 N–H and O–H groups in total. The second-order valence-electron chi connectivity index (χ2n) is 5.04. The predicted molar refractivity (Wildman–Crippen MR) is 103 cm³/mol. The zero-order chi connectivity index (χ0) is 16.1. The number of aryl methyl sites for hydroxylation is 1. The number of hydrogen-bond acceptors (Lipinski definition) is 1. The van der Waals surface area contributed by atoms with E-state index in [1.807, 2.05) is 24.3 Å². The molecule has 0 saturated carbocycles. The molecule has 2 nitrogen and oxygen atoms in total. The smallest absolute Gasteiger partial charge is 0.171 e. The normalized spacial score (nSPS) is 11.8. The summed E-state index contributed by atoms with van der Waals surface area (Å²) in [4.78, 5) is 0. The molecule has 0 aliphatic heterocycles. The molecule has 0 heterocycles. The third-order valence-corrected chi connectivity index (χ3v) is 4.91. The van der Waals surface area contributed by atoms with Crippen LogP contribution in [0.2, 0.25) is 5.02 Å². The molecule has 2 aromatic rings. The largest absolute Gasteiger partial charge is 0.356 e. The average molecular weight is 398 g/mol. The Bertz CT molecular complexity index is 675. The molecule has 2 rings (SSSR count). The summed E-state index contributed by atoms with van der Waals surface area (Å²) in [5.41, 5.74) is 3.39. The maximum atomic E-state index is 6.10. The van der Waals surface area contributed by atoms with Crippen LogP contribution in [0.15, 0.2) is 46.9 Å². The first-order valence-electron chi connectivity index (χ1n) is 7.09. The molecular weight excluding hydrogens is 380 g/mol. The third kappa shape index (κ3) is 4.45. The van der Waals surface area contributed by atoms with E-state index in [1.165, 1.54) is 11.1 Å². The molecule has 0 amide bonds. The molecule has 5 heteroatoms. The molecule has 22 heavy (non-hydrogen) atoms. The first-order chi connectivity index (χ1) is 10.5. The fraction of sp³-hybridized carbons (Fsp3) is 0.235. The van der Waals surface area contributed by atoms with Crippen LogP contribution in [-0.4, -0.2) is 5.11 Å². The molecule has 0 unspecified atom stereocenters. The lowest BCUT2D eigenvalue weighted by Gasteiger charge is -2.21. The molecule has 1 atom stereocenters.